The number of alkyl halides is 3. The van der Waals surface area contributed by atoms with E-state index in [2.05, 4.69) is 11.6 Å². The average Bonchev–Trinajstić information content (AvgIpc) is 3.10. The standard InChI is InChI=1S/C20H16F4N2O/c1-2-3-4-19-25-11-12-26(19)14-5-7-15(8-6-14)27-16-9-10-18(21)17(13-16)20(22,23)24/h2,5-13H,1,3-4H2. The normalized spacial score (nSPS) is 11.4. The molecule has 140 valence electrons. The molecule has 0 fully saturated rings. The van der Waals surface area contributed by atoms with Crippen LogP contribution in [0.4, 0.5) is 17.6 Å². The van der Waals surface area contributed by atoms with Gasteiger partial charge in [-0.3, -0.25) is 0 Å². The number of aryl methyl sites for hydroxylation is 1. The molecule has 0 saturated heterocycles. The number of ether oxygens (including phenoxy) is 1. The number of hydrogen-bond donors (Lipinski definition) is 0. The van der Waals surface area contributed by atoms with Gasteiger partial charge in [0.25, 0.3) is 0 Å². The van der Waals surface area contributed by atoms with Crippen molar-refractivity contribution in [2.75, 3.05) is 0 Å². The van der Waals surface area contributed by atoms with Crippen molar-refractivity contribution in [3.8, 4) is 17.2 Å². The molecule has 0 radical (unpaired) electrons. The van der Waals surface area contributed by atoms with Gasteiger partial charge in [0.15, 0.2) is 0 Å². The van der Waals surface area contributed by atoms with Gasteiger partial charge in [-0.05, 0) is 48.9 Å². The van der Waals surface area contributed by atoms with Crippen molar-refractivity contribution in [2.24, 2.45) is 0 Å². The van der Waals surface area contributed by atoms with Crippen molar-refractivity contribution in [1.29, 1.82) is 0 Å². The number of rotatable bonds is 6. The summed E-state index contributed by atoms with van der Waals surface area (Å²) < 4.78 is 59.1. The zero-order valence-electron chi connectivity index (χ0n) is 14.2. The lowest BCUT2D eigenvalue weighted by Crippen LogP contribution is -2.08. The topological polar surface area (TPSA) is 27.1 Å². The van der Waals surface area contributed by atoms with Crippen molar-refractivity contribution in [3.63, 3.8) is 0 Å². The molecule has 27 heavy (non-hydrogen) atoms. The van der Waals surface area contributed by atoms with Crippen LogP contribution in [-0.2, 0) is 12.6 Å². The van der Waals surface area contributed by atoms with Gasteiger partial charge in [-0.2, -0.15) is 13.2 Å². The van der Waals surface area contributed by atoms with E-state index >= 15 is 0 Å². The molecular formula is C20H16F4N2O. The van der Waals surface area contributed by atoms with Crippen LogP contribution in [-0.4, -0.2) is 9.55 Å². The molecule has 0 bridgehead atoms. The van der Waals surface area contributed by atoms with Crippen LogP contribution in [0, 0.1) is 5.82 Å². The third-order valence-corrected chi connectivity index (χ3v) is 3.88. The molecular weight excluding hydrogens is 360 g/mol. The maximum atomic E-state index is 13.4. The third-order valence-electron chi connectivity index (χ3n) is 3.88. The van der Waals surface area contributed by atoms with Crippen LogP contribution in [0.15, 0.2) is 67.5 Å². The van der Waals surface area contributed by atoms with E-state index in [-0.39, 0.29) is 5.75 Å². The van der Waals surface area contributed by atoms with Gasteiger partial charge in [-0.15, -0.1) is 6.58 Å². The number of halogens is 4. The summed E-state index contributed by atoms with van der Waals surface area (Å²) in [5.74, 6) is -0.216. The first-order valence-electron chi connectivity index (χ1n) is 8.16. The molecule has 0 N–H and O–H groups in total. The van der Waals surface area contributed by atoms with E-state index in [1.54, 1.807) is 30.5 Å². The predicted octanol–water partition coefficient (Wildman–Crippen LogP) is 5.94. The summed E-state index contributed by atoms with van der Waals surface area (Å²) in [5, 5.41) is 0. The smallest absolute Gasteiger partial charge is 0.419 e. The highest BCUT2D eigenvalue weighted by Crippen LogP contribution is 2.34. The fraction of sp³-hybridized carbons (Fsp3) is 0.150. The summed E-state index contributed by atoms with van der Waals surface area (Å²) in [4.78, 5) is 4.30. The predicted molar refractivity (Wildman–Crippen MR) is 93.6 cm³/mol. The van der Waals surface area contributed by atoms with Crippen LogP contribution in [0.2, 0.25) is 0 Å². The summed E-state index contributed by atoms with van der Waals surface area (Å²) in [7, 11) is 0. The Kier molecular flexibility index (Phi) is 5.30. The monoisotopic (exact) mass is 376 g/mol. The molecule has 0 aliphatic heterocycles. The quantitative estimate of drug-likeness (QED) is 0.393. The summed E-state index contributed by atoms with van der Waals surface area (Å²) in [5.41, 5.74) is -0.518. The van der Waals surface area contributed by atoms with Gasteiger partial charge < -0.3 is 9.30 Å². The molecule has 1 aromatic heterocycles. The minimum absolute atomic E-state index is 0.0919. The highest BCUT2D eigenvalue weighted by molar-refractivity contribution is 5.41. The molecule has 0 amide bonds. The summed E-state index contributed by atoms with van der Waals surface area (Å²) in [6.45, 7) is 3.69. The average molecular weight is 376 g/mol. The van der Waals surface area contributed by atoms with Crippen LogP contribution in [0.25, 0.3) is 5.69 Å². The first-order chi connectivity index (χ1) is 12.9. The number of allylic oxidation sites excluding steroid dienone is 1. The van der Waals surface area contributed by atoms with Crippen molar-refractivity contribution in [1.82, 2.24) is 9.55 Å². The van der Waals surface area contributed by atoms with E-state index in [1.165, 1.54) is 0 Å². The fourth-order valence-electron chi connectivity index (χ4n) is 2.58. The van der Waals surface area contributed by atoms with E-state index in [4.69, 9.17) is 4.74 Å². The molecule has 0 saturated carbocycles. The molecule has 3 rings (SSSR count). The second kappa shape index (κ2) is 7.65. The summed E-state index contributed by atoms with van der Waals surface area (Å²) >= 11 is 0. The molecule has 0 unspecified atom stereocenters. The summed E-state index contributed by atoms with van der Waals surface area (Å²) in [6, 6.07) is 9.33. The molecule has 0 atom stereocenters. The summed E-state index contributed by atoms with van der Waals surface area (Å²) in [6.07, 6.45) is 2.09. The van der Waals surface area contributed by atoms with Gasteiger partial charge in [0, 0.05) is 24.5 Å². The molecule has 0 spiro atoms. The van der Waals surface area contributed by atoms with Crippen molar-refractivity contribution in [3.05, 3.63) is 84.7 Å². The Morgan fingerprint density at radius 2 is 1.78 bits per heavy atom. The second-order valence-electron chi connectivity index (χ2n) is 5.78. The first kappa shape index (κ1) is 18.7. The van der Waals surface area contributed by atoms with Crippen LogP contribution in [0.5, 0.6) is 11.5 Å². The molecule has 0 aliphatic carbocycles. The maximum Gasteiger partial charge on any atom is 0.419 e. The SMILES string of the molecule is C=CCCc1nccn1-c1ccc(Oc2ccc(F)c(C(F)(F)F)c2)cc1. The fourth-order valence-corrected chi connectivity index (χ4v) is 2.58. The van der Waals surface area contributed by atoms with Crippen molar-refractivity contribution in [2.45, 2.75) is 19.0 Å². The minimum atomic E-state index is -4.78. The Hall–Kier alpha value is -3.09. The number of imidazole rings is 1. The van der Waals surface area contributed by atoms with Gasteiger partial charge in [-0.25, -0.2) is 9.37 Å². The number of aromatic nitrogens is 2. The maximum absolute atomic E-state index is 13.4. The number of benzene rings is 2. The third kappa shape index (κ3) is 4.36. The highest BCUT2D eigenvalue weighted by atomic mass is 19.4. The highest BCUT2D eigenvalue weighted by Gasteiger charge is 2.34. The lowest BCUT2D eigenvalue weighted by Gasteiger charge is -2.12. The molecule has 3 nitrogen and oxygen atoms in total. The van der Waals surface area contributed by atoms with Gasteiger partial charge in [0.1, 0.15) is 23.1 Å². The lowest BCUT2D eigenvalue weighted by molar-refractivity contribution is -0.140. The van der Waals surface area contributed by atoms with E-state index in [0.717, 1.165) is 36.5 Å². The first-order valence-corrected chi connectivity index (χ1v) is 8.16. The van der Waals surface area contributed by atoms with Gasteiger partial charge in [-0.1, -0.05) is 6.08 Å². The molecule has 2 aromatic carbocycles. The van der Waals surface area contributed by atoms with Crippen LogP contribution >= 0.6 is 0 Å². The molecule has 7 heteroatoms. The second-order valence-corrected chi connectivity index (χ2v) is 5.78. The molecule has 3 aromatic rings. The van der Waals surface area contributed by atoms with Gasteiger partial charge in [0.05, 0.1) is 5.56 Å². The van der Waals surface area contributed by atoms with Crippen molar-refractivity contribution < 1.29 is 22.3 Å². The Bertz CT molecular complexity index is 930. The Balaban J connectivity index is 1.79. The van der Waals surface area contributed by atoms with Crippen LogP contribution < -0.4 is 4.74 Å². The van der Waals surface area contributed by atoms with Gasteiger partial charge in [0.2, 0.25) is 0 Å². The largest absolute Gasteiger partial charge is 0.457 e. The Morgan fingerprint density at radius 1 is 1.07 bits per heavy atom. The van der Waals surface area contributed by atoms with Crippen molar-refractivity contribution >= 4 is 0 Å². The zero-order chi connectivity index (χ0) is 19.4. The number of nitrogens with zero attached hydrogens (tertiary/aromatic N) is 2. The Morgan fingerprint density at radius 3 is 2.44 bits per heavy atom. The lowest BCUT2D eigenvalue weighted by atomic mass is 10.2. The molecule has 1 heterocycles. The zero-order valence-corrected chi connectivity index (χ0v) is 14.2. The van der Waals surface area contributed by atoms with E-state index in [9.17, 15) is 17.6 Å². The van der Waals surface area contributed by atoms with E-state index < -0.39 is 17.6 Å². The van der Waals surface area contributed by atoms with Crippen LogP contribution in [0.3, 0.4) is 0 Å². The molecule has 0 aliphatic rings. The van der Waals surface area contributed by atoms with Gasteiger partial charge >= 0.3 is 6.18 Å². The van der Waals surface area contributed by atoms with Crippen LogP contribution in [0.1, 0.15) is 17.8 Å². The number of hydrogen-bond acceptors (Lipinski definition) is 2. The van der Waals surface area contributed by atoms with E-state index in [0.29, 0.717) is 11.8 Å². The van der Waals surface area contributed by atoms with E-state index in [1.807, 2.05) is 16.8 Å². The Labute approximate surface area is 153 Å². The minimum Gasteiger partial charge on any atom is -0.457 e.